The third-order valence-corrected chi connectivity index (χ3v) is 4.14. The second kappa shape index (κ2) is 7.50. The van der Waals surface area contributed by atoms with Gasteiger partial charge in [0.15, 0.2) is 0 Å². The van der Waals surface area contributed by atoms with Crippen molar-refractivity contribution in [2.24, 2.45) is 0 Å². The maximum absolute atomic E-state index is 4.28. The summed E-state index contributed by atoms with van der Waals surface area (Å²) in [6.07, 6.45) is 4.67. The molecular formula is C14H17BrN4S. The van der Waals surface area contributed by atoms with E-state index in [9.17, 15) is 0 Å². The molecular weight excluding hydrogens is 336 g/mol. The Morgan fingerprint density at radius 2 is 2.05 bits per heavy atom. The van der Waals surface area contributed by atoms with Gasteiger partial charge in [0.25, 0.3) is 0 Å². The number of halogens is 1. The van der Waals surface area contributed by atoms with Crippen LogP contribution in [0.25, 0.3) is 0 Å². The molecule has 0 radical (unpaired) electrons. The van der Waals surface area contributed by atoms with Crippen molar-refractivity contribution in [2.75, 3.05) is 23.4 Å². The topological polar surface area (TPSA) is 49.8 Å². The largest absolute Gasteiger partial charge is 0.369 e. The van der Waals surface area contributed by atoms with Crippen molar-refractivity contribution < 1.29 is 0 Å². The van der Waals surface area contributed by atoms with E-state index in [4.69, 9.17) is 0 Å². The first-order valence-electron chi connectivity index (χ1n) is 6.40. The smallest absolute Gasteiger partial charge is 0.150 e. The lowest BCUT2D eigenvalue weighted by Gasteiger charge is -2.11. The highest BCUT2D eigenvalue weighted by Gasteiger charge is 2.08. The van der Waals surface area contributed by atoms with E-state index in [1.165, 1.54) is 4.90 Å². The molecule has 106 valence electrons. The van der Waals surface area contributed by atoms with Gasteiger partial charge in [0.1, 0.15) is 22.4 Å². The van der Waals surface area contributed by atoms with Crippen LogP contribution < -0.4 is 10.6 Å². The van der Waals surface area contributed by atoms with Gasteiger partial charge in [-0.25, -0.2) is 9.97 Å². The maximum atomic E-state index is 4.28. The molecule has 1 aromatic heterocycles. The average Bonchev–Trinajstić information content (AvgIpc) is 2.48. The number of thioether (sulfide) groups is 1. The first-order valence-corrected chi connectivity index (χ1v) is 8.41. The molecule has 0 fully saturated rings. The lowest BCUT2D eigenvalue weighted by atomic mass is 10.3. The maximum Gasteiger partial charge on any atom is 0.150 e. The predicted octanol–water partition coefficient (Wildman–Crippen LogP) is 4.53. The average molecular weight is 353 g/mol. The van der Waals surface area contributed by atoms with E-state index >= 15 is 0 Å². The van der Waals surface area contributed by atoms with E-state index in [0.717, 1.165) is 34.8 Å². The van der Waals surface area contributed by atoms with Crippen molar-refractivity contribution in [3.05, 3.63) is 35.1 Å². The number of hydrogen-bond acceptors (Lipinski definition) is 5. The van der Waals surface area contributed by atoms with Crippen LogP contribution in [0.5, 0.6) is 0 Å². The first-order chi connectivity index (χ1) is 9.74. The Labute approximate surface area is 131 Å². The predicted molar refractivity (Wildman–Crippen MR) is 90.0 cm³/mol. The molecule has 0 saturated carbocycles. The standard InChI is InChI=1S/C14H17BrN4S/c1-3-7-16-13-12(15)14(18-9-17-13)19-10-5-4-6-11(8-10)20-2/h4-6,8-9H,3,7H2,1-2H3,(H2,16,17,18,19). The Balaban J connectivity index is 2.20. The molecule has 0 bridgehead atoms. The van der Waals surface area contributed by atoms with Gasteiger partial charge in [-0.05, 0) is 46.8 Å². The second-order valence-corrected chi connectivity index (χ2v) is 5.84. The van der Waals surface area contributed by atoms with Crippen LogP contribution >= 0.6 is 27.7 Å². The van der Waals surface area contributed by atoms with Gasteiger partial charge in [0.05, 0.1) is 0 Å². The summed E-state index contributed by atoms with van der Waals surface area (Å²) in [6.45, 7) is 3.01. The van der Waals surface area contributed by atoms with E-state index in [1.54, 1.807) is 18.1 Å². The van der Waals surface area contributed by atoms with Crippen LogP contribution in [0.1, 0.15) is 13.3 Å². The minimum atomic E-state index is 0.761. The number of nitrogens with one attached hydrogen (secondary N) is 2. The van der Waals surface area contributed by atoms with E-state index in [1.807, 2.05) is 12.1 Å². The summed E-state index contributed by atoms with van der Waals surface area (Å²) in [6, 6.07) is 8.23. The van der Waals surface area contributed by atoms with Crippen molar-refractivity contribution in [1.29, 1.82) is 0 Å². The molecule has 4 nitrogen and oxygen atoms in total. The molecule has 0 aliphatic heterocycles. The van der Waals surface area contributed by atoms with Gasteiger partial charge in [-0.3, -0.25) is 0 Å². The van der Waals surface area contributed by atoms with Gasteiger partial charge in [0, 0.05) is 17.1 Å². The van der Waals surface area contributed by atoms with Gasteiger partial charge in [-0.2, -0.15) is 0 Å². The number of anilines is 3. The quantitative estimate of drug-likeness (QED) is 0.748. The monoisotopic (exact) mass is 352 g/mol. The van der Waals surface area contributed by atoms with Crippen LogP contribution in [0, 0.1) is 0 Å². The molecule has 1 heterocycles. The van der Waals surface area contributed by atoms with Crippen molar-refractivity contribution in [2.45, 2.75) is 18.2 Å². The van der Waals surface area contributed by atoms with Crippen molar-refractivity contribution in [1.82, 2.24) is 9.97 Å². The van der Waals surface area contributed by atoms with Crippen LogP contribution in [0.15, 0.2) is 40.0 Å². The van der Waals surface area contributed by atoms with Crippen LogP contribution in [0.4, 0.5) is 17.3 Å². The number of rotatable bonds is 6. The molecule has 1 aromatic carbocycles. The van der Waals surface area contributed by atoms with Gasteiger partial charge >= 0.3 is 0 Å². The lowest BCUT2D eigenvalue weighted by Crippen LogP contribution is -2.05. The molecule has 0 atom stereocenters. The number of nitrogens with zero attached hydrogens (tertiary/aromatic N) is 2. The summed E-state index contributed by atoms with van der Waals surface area (Å²) in [5, 5.41) is 6.58. The summed E-state index contributed by atoms with van der Waals surface area (Å²) < 4.78 is 0.850. The minimum absolute atomic E-state index is 0.761. The zero-order chi connectivity index (χ0) is 14.4. The van der Waals surface area contributed by atoms with Crippen LogP contribution in [-0.2, 0) is 0 Å². The number of aromatic nitrogens is 2. The third kappa shape index (κ3) is 3.86. The zero-order valence-electron chi connectivity index (χ0n) is 11.5. The minimum Gasteiger partial charge on any atom is -0.369 e. The number of hydrogen-bond donors (Lipinski definition) is 2. The third-order valence-electron chi connectivity index (χ3n) is 2.66. The molecule has 0 unspecified atom stereocenters. The number of benzene rings is 1. The molecule has 6 heteroatoms. The highest BCUT2D eigenvalue weighted by Crippen LogP contribution is 2.29. The van der Waals surface area contributed by atoms with Crippen LogP contribution in [-0.4, -0.2) is 22.8 Å². The normalized spacial score (nSPS) is 10.3. The Morgan fingerprint density at radius 3 is 2.80 bits per heavy atom. The summed E-state index contributed by atoms with van der Waals surface area (Å²) in [7, 11) is 0. The Kier molecular flexibility index (Phi) is 5.67. The Bertz CT molecular complexity index is 577. The molecule has 2 N–H and O–H groups in total. The molecule has 0 saturated heterocycles. The summed E-state index contributed by atoms with van der Waals surface area (Å²) >= 11 is 5.26. The molecule has 2 aromatic rings. The fourth-order valence-electron chi connectivity index (χ4n) is 1.66. The van der Waals surface area contributed by atoms with E-state index in [-0.39, 0.29) is 0 Å². The fourth-order valence-corrected chi connectivity index (χ4v) is 2.56. The Morgan fingerprint density at radius 1 is 1.25 bits per heavy atom. The highest BCUT2D eigenvalue weighted by molar-refractivity contribution is 9.10. The van der Waals surface area contributed by atoms with Crippen LogP contribution in [0.2, 0.25) is 0 Å². The zero-order valence-corrected chi connectivity index (χ0v) is 13.9. The molecule has 0 amide bonds. The summed E-state index contributed by atoms with van der Waals surface area (Å²) in [5.74, 6) is 1.57. The van der Waals surface area contributed by atoms with Gasteiger partial charge < -0.3 is 10.6 Å². The first kappa shape index (κ1) is 15.1. The van der Waals surface area contributed by atoms with Gasteiger partial charge in [-0.1, -0.05) is 13.0 Å². The lowest BCUT2D eigenvalue weighted by molar-refractivity contribution is 0.962. The summed E-state index contributed by atoms with van der Waals surface area (Å²) in [5.41, 5.74) is 1.01. The van der Waals surface area contributed by atoms with Crippen molar-refractivity contribution in [3.63, 3.8) is 0 Å². The SMILES string of the molecule is CCCNc1ncnc(Nc2cccc(SC)c2)c1Br. The fraction of sp³-hybridized carbons (Fsp3) is 0.286. The van der Waals surface area contributed by atoms with Gasteiger partial charge in [-0.15, -0.1) is 11.8 Å². The highest BCUT2D eigenvalue weighted by atomic mass is 79.9. The van der Waals surface area contributed by atoms with Crippen LogP contribution in [0.3, 0.4) is 0 Å². The second-order valence-electron chi connectivity index (χ2n) is 4.17. The molecule has 0 spiro atoms. The molecule has 2 rings (SSSR count). The van der Waals surface area contributed by atoms with Gasteiger partial charge in [0.2, 0.25) is 0 Å². The van der Waals surface area contributed by atoms with Crippen molar-refractivity contribution >= 4 is 45.0 Å². The molecule has 0 aliphatic carbocycles. The molecule has 20 heavy (non-hydrogen) atoms. The molecule has 0 aliphatic rings. The van der Waals surface area contributed by atoms with E-state index in [0.29, 0.717) is 0 Å². The summed E-state index contributed by atoms with van der Waals surface area (Å²) in [4.78, 5) is 9.73. The Hall–Kier alpha value is -1.27. The van der Waals surface area contributed by atoms with E-state index in [2.05, 4.69) is 61.8 Å². The van der Waals surface area contributed by atoms with E-state index < -0.39 is 0 Å². The van der Waals surface area contributed by atoms with Crippen molar-refractivity contribution in [3.8, 4) is 0 Å².